The first kappa shape index (κ1) is 10.4. The van der Waals surface area contributed by atoms with Crippen molar-refractivity contribution in [1.82, 2.24) is 9.55 Å². The van der Waals surface area contributed by atoms with Gasteiger partial charge in [-0.15, -0.1) is 0 Å². The lowest BCUT2D eigenvalue weighted by molar-refractivity contribution is 0.725. The van der Waals surface area contributed by atoms with Gasteiger partial charge in [-0.3, -0.25) is 0 Å². The van der Waals surface area contributed by atoms with Gasteiger partial charge in [-0.05, 0) is 12.2 Å². The standard InChI is InChI=1S/C9H17N3S/c1-4-12-5-8(10)11-9(12)6-13-7(2)3/h5,7H,4,6,10H2,1-3H3. The number of rotatable bonds is 4. The number of nitrogen functional groups attached to an aromatic ring is 1. The first-order valence-electron chi connectivity index (χ1n) is 4.56. The van der Waals surface area contributed by atoms with E-state index in [1.807, 2.05) is 18.0 Å². The van der Waals surface area contributed by atoms with Crippen molar-refractivity contribution in [3.8, 4) is 0 Å². The highest BCUT2D eigenvalue weighted by atomic mass is 32.2. The third-order valence-electron chi connectivity index (χ3n) is 1.76. The smallest absolute Gasteiger partial charge is 0.141 e. The van der Waals surface area contributed by atoms with E-state index in [4.69, 9.17) is 5.73 Å². The summed E-state index contributed by atoms with van der Waals surface area (Å²) < 4.78 is 2.10. The van der Waals surface area contributed by atoms with E-state index in [0.717, 1.165) is 18.1 Å². The normalized spacial score (nSPS) is 11.1. The van der Waals surface area contributed by atoms with Crippen LogP contribution in [-0.4, -0.2) is 14.8 Å². The Hall–Kier alpha value is -0.640. The van der Waals surface area contributed by atoms with Crippen LogP contribution in [0, 0.1) is 0 Å². The van der Waals surface area contributed by atoms with Gasteiger partial charge in [0.15, 0.2) is 0 Å². The van der Waals surface area contributed by atoms with Gasteiger partial charge in [-0.2, -0.15) is 11.8 Å². The molecule has 0 fully saturated rings. The van der Waals surface area contributed by atoms with E-state index in [-0.39, 0.29) is 0 Å². The number of thioether (sulfide) groups is 1. The Labute approximate surface area is 83.7 Å². The zero-order chi connectivity index (χ0) is 9.84. The molecule has 1 aromatic rings. The van der Waals surface area contributed by atoms with Crippen LogP contribution >= 0.6 is 11.8 Å². The molecule has 0 spiro atoms. The maximum atomic E-state index is 5.62. The molecule has 0 atom stereocenters. The van der Waals surface area contributed by atoms with E-state index in [9.17, 15) is 0 Å². The molecule has 0 saturated heterocycles. The van der Waals surface area contributed by atoms with Gasteiger partial charge in [-0.1, -0.05) is 13.8 Å². The lowest BCUT2D eigenvalue weighted by atomic mass is 10.6. The summed E-state index contributed by atoms with van der Waals surface area (Å²) in [7, 11) is 0. The number of anilines is 1. The molecule has 0 unspecified atom stereocenters. The number of nitrogens with two attached hydrogens (primary N) is 1. The highest BCUT2D eigenvalue weighted by Gasteiger charge is 2.05. The summed E-state index contributed by atoms with van der Waals surface area (Å²) in [5, 5.41) is 0.642. The molecule has 0 aliphatic carbocycles. The fourth-order valence-corrected chi connectivity index (χ4v) is 1.82. The van der Waals surface area contributed by atoms with Crippen LogP contribution in [0.2, 0.25) is 0 Å². The Bertz CT molecular complexity index is 268. The zero-order valence-electron chi connectivity index (χ0n) is 8.45. The van der Waals surface area contributed by atoms with Gasteiger partial charge < -0.3 is 10.3 Å². The Kier molecular flexibility index (Phi) is 3.66. The van der Waals surface area contributed by atoms with Crippen molar-refractivity contribution in [1.29, 1.82) is 0 Å². The van der Waals surface area contributed by atoms with Crippen LogP contribution < -0.4 is 5.73 Å². The molecule has 0 radical (unpaired) electrons. The van der Waals surface area contributed by atoms with Crippen molar-refractivity contribution in [3.05, 3.63) is 12.0 Å². The molecule has 0 amide bonds. The summed E-state index contributed by atoms with van der Waals surface area (Å²) in [6.45, 7) is 7.42. The molecule has 0 aliphatic heterocycles. The van der Waals surface area contributed by atoms with Gasteiger partial charge in [0.1, 0.15) is 11.6 Å². The number of aromatic nitrogens is 2. The highest BCUT2D eigenvalue weighted by molar-refractivity contribution is 7.99. The Balaban J connectivity index is 2.64. The summed E-state index contributed by atoms with van der Waals surface area (Å²) in [5.74, 6) is 2.66. The molecule has 1 heterocycles. The molecule has 0 aliphatic rings. The molecule has 1 rings (SSSR count). The second-order valence-corrected chi connectivity index (χ2v) is 4.79. The number of nitrogens with zero attached hydrogens (tertiary/aromatic N) is 2. The lowest BCUT2D eigenvalue weighted by Gasteiger charge is -2.05. The monoisotopic (exact) mass is 199 g/mol. The zero-order valence-corrected chi connectivity index (χ0v) is 9.27. The van der Waals surface area contributed by atoms with Crippen molar-refractivity contribution in [2.75, 3.05) is 5.73 Å². The molecule has 0 saturated carbocycles. The van der Waals surface area contributed by atoms with E-state index in [2.05, 4.69) is 30.3 Å². The maximum Gasteiger partial charge on any atom is 0.141 e. The Morgan fingerprint density at radius 1 is 1.62 bits per heavy atom. The number of imidazole rings is 1. The van der Waals surface area contributed by atoms with Crippen LogP contribution in [0.1, 0.15) is 26.6 Å². The Morgan fingerprint density at radius 3 is 2.85 bits per heavy atom. The summed E-state index contributed by atoms with van der Waals surface area (Å²) in [5.41, 5.74) is 5.62. The van der Waals surface area contributed by atoms with Gasteiger partial charge in [0.05, 0.1) is 5.75 Å². The lowest BCUT2D eigenvalue weighted by Crippen LogP contribution is -2.00. The van der Waals surface area contributed by atoms with E-state index >= 15 is 0 Å². The molecular weight excluding hydrogens is 182 g/mol. The predicted octanol–water partition coefficient (Wildman–Crippen LogP) is 2.13. The highest BCUT2D eigenvalue weighted by Crippen LogP contribution is 2.17. The summed E-state index contributed by atoms with van der Waals surface area (Å²) in [4.78, 5) is 4.27. The van der Waals surface area contributed by atoms with Gasteiger partial charge in [0.2, 0.25) is 0 Å². The van der Waals surface area contributed by atoms with Gasteiger partial charge in [0, 0.05) is 12.7 Å². The quantitative estimate of drug-likeness (QED) is 0.808. The molecule has 0 aromatic carbocycles. The van der Waals surface area contributed by atoms with Crippen LogP contribution in [0.25, 0.3) is 0 Å². The van der Waals surface area contributed by atoms with Crippen LogP contribution in [0.3, 0.4) is 0 Å². The second-order valence-electron chi connectivity index (χ2n) is 3.23. The van der Waals surface area contributed by atoms with E-state index < -0.39 is 0 Å². The Morgan fingerprint density at radius 2 is 2.31 bits per heavy atom. The summed E-state index contributed by atoms with van der Waals surface area (Å²) >= 11 is 1.89. The molecule has 1 aromatic heterocycles. The van der Waals surface area contributed by atoms with Crippen molar-refractivity contribution < 1.29 is 0 Å². The van der Waals surface area contributed by atoms with Crippen LogP contribution in [0.4, 0.5) is 5.82 Å². The molecule has 74 valence electrons. The average molecular weight is 199 g/mol. The third kappa shape index (κ3) is 2.95. The number of hydrogen-bond donors (Lipinski definition) is 1. The molecule has 13 heavy (non-hydrogen) atoms. The molecule has 0 bridgehead atoms. The van der Waals surface area contributed by atoms with Crippen molar-refractivity contribution in [3.63, 3.8) is 0 Å². The van der Waals surface area contributed by atoms with E-state index in [0.29, 0.717) is 11.1 Å². The van der Waals surface area contributed by atoms with Crippen molar-refractivity contribution in [2.24, 2.45) is 0 Å². The fraction of sp³-hybridized carbons (Fsp3) is 0.667. The minimum Gasteiger partial charge on any atom is -0.382 e. The second kappa shape index (κ2) is 4.56. The van der Waals surface area contributed by atoms with Gasteiger partial charge in [-0.25, -0.2) is 4.98 Å². The fourth-order valence-electron chi connectivity index (χ4n) is 1.11. The first-order valence-corrected chi connectivity index (χ1v) is 5.61. The SMILES string of the molecule is CCn1cc(N)nc1CSC(C)C. The first-order chi connectivity index (χ1) is 6.13. The van der Waals surface area contributed by atoms with Gasteiger partial charge >= 0.3 is 0 Å². The third-order valence-corrected chi connectivity index (χ3v) is 2.86. The number of aryl methyl sites for hydroxylation is 1. The predicted molar refractivity (Wildman–Crippen MR) is 58.7 cm³/mol. The average Bonchev–Trinajstić information content (AvgIpc) is 2.42. The minimum atomic E-state index is 0.626. The van der Waals surface area contributed by atoms with Crippen molar-refractivity contribution in [2.45, 2.75) is 38.3 Å². The van der Waals surface area contributed by atoms with Crippen molar-refractivity contribution >= 4 is 17.6 Å². The van der Waals surface area contributed by atoms with Crippen LogP contribution in [0.15, 0.2) is 6.20 Å². The van der Waals surface area contributed by atoms with E-state index in [1.165, 1.54) is 0 Å². The van der Waals surface area contributed by atoms with Gasteiger partial charge in [0.25, 0.3) is 0 Å². The summed E-state index contributed by atoms with van der Waals surface area (Å²) in [6, 6.07) is 0. The maximum absolute atomic E-state index is 5.62. The molecular formula is C9H17N3S. The topological polar surface area (TPSA) is 43.8 Å². The minimum absolute atomic E-state index is 0.626. The molecule has 4 heteroatoms. The molecule has 2 N–H and O–H groups in total. The van der Waals surface area contributed by atoms with E-state index in [1.54, 1.807) is 0 Å². The molecule has 3 nitrogen and oxygen atoms in total. The number of hydrogen-bond acceptors (Lipinski definition) is 3. The largest absolute Gasteiger partial charge is 0.382 e. The van der Waals surface area contributed by atoms with Crippen LogP contribution in [-0.2, 0) is 12.3 Å². The van der Waals surface area contributed by atoms with Crippen LogP contribution in [0.5, 0.6) is 0 Å². The summed E-state index contributed by atoms with van der Waals surface area (Å²) in [6.07, 6.45) is 1.90.